The fraction of sp³-hybridized carbons (Fsp3) is 0.474. The number of imidazole rings is 1. The predicted molar refractivity (Wildman–Crippen MR) is 101 cm³/mol. The number of rotatable bonds is 4. The normalized spacial score (nSPS) is 16.9. The lowest BCUT2D eigenvalue weighted by Crippen LogP contribution is -2.42. The summed E-state index contributed by atoms with van der Waals surface area (Å²) in [5.41, 5.74) is 0.440. The zero-order valence-corrected chi connectivity index (χ0v) is 15.6. The van der Waals surface area contributed by atoms with E-state index in [9.17, 15) is 14.7 Å². The SMILES string of the molecule is Cc1cn(-c2ccc(Cl)c(C(=O)NCC3(O)CCCCCC3)c2)c(=O)[nH]1. The number of nitrogens with one attached hydrogen (secondary N) is 2. The number of aromatic nitrogens is 2. The van der Waals surface area contributed by atoms with Gasteiger partial charge in [-0.25, -0.2) is 4.79 Å². The van der Waals surface area contributed by atoms with Crippen LogP contribution in [0.1, 0.15) is 54.6 Å². The van der Waals surface area contributed by atoms with Gasteiger partial charge in [0, 0.05) is 18.4 Å². The third kappa shape index (κ3) is 4.19. The van der Waals surface area contributed by atoms with E-state index in [0.717, 1.165) is 31.4 Å². The molecule has 3 N–H and O–H groups in total. The van der Waals surface area contributed by atoms with Crippen LogP contribution in [-0.4, -0.2) is 32.7 Å². The third-order valence-electron chi connectivity index (χ3n) is 4.93. The molecule has 2 aromatic rings. The smallest absolute Gasteiger partial charge is 0.330 e. The van der Waals surface area contributed by atoms with Crippen molar-refractivity contribution in [2.75, 3.05) is 6.54 Å². The summed E-state index contributed by atoms with van der Waals surface area (Å²) < 4.78 is 1.43. The Morgan fingerprint density at radius 2 is 2.00 bits per heavy atom. The number of amides is 1. The van der Waals surface area contributed by atoms with E-state index >= 15 is 0 Å². The number of nitrogens with zero attached hydrogens (tertiary/aromatic N) is 1. The highest BCUT2D eigenvalue weighted by molar-refractivity contribution is 6.33. The van der Waals surface area contributed by atoms with E-state index in [1.165, 1.54) is 4.57 Å². The number of aliphatic hydroxyl groups is 1. The Morgan fingerprint density at radius 1 is 1.31 bits per heavy atom. The molecular formula is C19H24ClN3O3. The van der Waals surface area contributed by atoms with Gasteiger partial charge in [-0.2, -0.15) is 0 Å². The molecule has 0 bridgehead atoms. The van der Waals surface area contributed by atoms with Gasteiger partial charge in [-0.05, 0) is 38.0 Å². The minimum atomic E-state index is -0.856. The molecule has 26 heavy (non-hydrogen) atoms. The molecule has 1 amide bonds. The first kappa shape index (κ1) is 18.7. The molecule has 1 aromatic heterocycles. The minimum absolute atomic E-state index is 0.204. The van der Waals surface area contributed by atoms with Gasteiger partial charge in [-0.1, -0.05) is 37.3 Å². The molecule has 3 rings (SSSR count). The number of hydrogen-bond acceptors (Lipinski definition) is 3. The van der Waals surface area contributed by atoms with Crippen LogP contribution in [0.25, 0.3) is 5.69 Å². The number of halogens is 1. The van der Waals surface area contributed by atoms with Crippen LogP contribution in [0.2, 0.25) is 5.02 Å². The quantitative estimate of drug-likeness (QED) is 0.716. The van der Waals surface area contributed by atoms with Gasteiger partial charge in [0.2, 0.25) is 0 Å². The Hall–Kier alpha value is -2.05. The number of hydrogen-bond donors (Lipinski definition) is 3. The first-order valence-corrected chi connectivity index (χ1v) is 9.35. The second-order valence-corrected chi connectivity index (χ2v) is 7.50. The monoisotopic (exact) mass is 377 g/mol. The zero-order valence-electron chi connectivity index (χ0n) is 14.8. The molecule has 0 saturated heterocycles. The van der Waals surface area contributed by atoms with Crippen LogP contribution in [0.3, 0.4) is 0 Å². The van der Waals surface area contributed by atoms with E-state index in [0.29, 0.717) is 23.6 Å². The molecule has 1 aromatic carbocycles. The first-order valence-electron chi connectivity index (χ1n) is 8.97. The fourth-order valence-corrected chi connectivity index (χ4v) is 3.65. The number of aromatic amines is 1. The molecule has 1 aliphatic carbocycles. The van der Waals surface area contributed by atoms with E-state index in [1.54, 1.807) is 31.3 Å². The second-order valence-electron chi connectivity index (χ2n) is 7.10. The summed E-state index contributed by atoms with van der Waals surface area (Å²) in [6.45, 7) is 1.99. The highest BCUT2D eigenvalue weighted by Gasteiger charge is 2.28. The molecule has 0 aliphatic heterocycles. The van der Waals surface area contributed by atoms with Gasteiger partial charge in [-0.3, -0.25) is 9.36 Å². The topological polar surface area (TPSA) is 87.1 Å². The molecule has 1 fully saturated rings. The average Bonchev–Trinajstić information content (AvgIpc) is 2.80. The van der Waals surface area contributed by atoms with Crippen LogP contribution in [0.15, 0.2) is 29.2 Å². The lowest BCUT2D eigenvalue weighted by atomic mass is 9.94. The highest BCUT2D eigenvalue weighted by atomic mass is 35.5. The van der Waals surface area contributed by atoms with Crippen molar-refractivity contribution in [2.45, 2.75) is 51.0 Å². The molecule has 140 valence electrons. The number of carbonyl (C=O) groups is 1. The third-order valence-corrected chi connectivity index (χ3v) is 5.26. The van der Waals surface area contributed by atoms with Gasteiger partial charge in [0.05, 0.1) is 21.9 Å². The molecule has 1 saturated carbocycles. The highest BCUT2D eigenvalue weighted by Crippen LogP contribution is 2.27. The van der Waals surface area contributed by atoms with Crippen molar-refractivity contribution in [1.29, 1.82) is 0 Å². The van der Waals surface area contributed by atoms with Gasteiger partial charge < -0.3 is 15.4 Å². The van der Waals surface area contributed by atoms with E-state index in [4.69, 9.17) is 11.6 Å². The predicted octanol–water partition coefficient (Wildman–Crippen LogP) is 2.94. The Labute approximate surface area is 157 Å². The summed E-state index contributed by atoms with van der Waals surface area (Å²) in [6, 6.07) is 4.87. The van der Waals surface area contributed by atoms with Crippen molar-refractivity contribution in [3.05, 3.63) is 51.2 Å². The molecule has 1 aliphatic rings. The maximum atomic E-state index is 12.6. The molecule has 1 heterocycles. The molecular weight excluding hydrogens is 354 g/mol. The van der Waals surface area contributed by atoms with Crippen molar-refractivity contribution < 1.29 is 9.90 Å². The van der Waals surface area contributed by atoms with Crippen LogP contribution < -0.4 is 11.0 Å². The number of H-pyrrole nitrogens is 1. The van der Waals surface area contributed by atoms with Crippen LogP contribution in [0.5, 0.6) is 0 Å². The first-order chi connectivity index (χ1) is 12.4. The molecule has 7 heteroatoms. The summed E-state index contributed by atoms with van der Waals surface area (Å²) in [4.78, 5) is 27.3. The maximum absolute atomic E-state index is 12.6. The second kappa shape index (κ2) is 7.68. The lowest BCUT2D eigenvalue weighted by Gasteiger charge is -2.26. The van der Waals surface area contributed by atoms with Gasteiger partial charge in [-0.15, -0.1) is 0 Å². The fourth-order valence-electron chi connectivity index (χ4n) is 3.45. The summed E-state index contributed by atoms with van der Waals surface area (Å²) in [5.74, 6) is -0.352. The summed E-state index contributed by atoms with van der Waals surface area (Å²) in [7, 11) is 0. The van der Waals surface area contributed by atoms with Crippen molar-refractivity contribution in [1.82, 2.24) is 14.9 Å². The summed E-state index contributed by atoms with van der Waals surface area (Å²) in [6.07, 6.45) is 7.24. The number of aryl methyl sites for hydroxylation is 1. The molecule has 0 spiro atoms. The van der Waals surface area contributed by atoms with Gasteiger partial charge in [0.1, 0.15) is 0 Å². The summed E-state index contributed by atoms with van der Waals surface area (Å²) in [5, 5.41) is 13.8. The van der Waals surface area contributed by atoms with Crippen LogP contribution in [0.4, 0.5) is 0 Å². The Kier molecular flexibility index (Phi) is 5.53. The maximum Gasteiger partial charge on any atom is 0.330 e. The van der Waals surface area contributed by atoms with E-state index in [2.05, 4.69) is 10.3 Å². The average molecular weight is 378 g/mol. The zero-order chi connectivity index (χ0) is 18.7. The van der Waals surface area contributed by atoms with Crippen molar-refractivity contribution in [3.63, 3.8) is 0 Å². The minimum Gasteiger partial charge on any atom is -0.388 e. The Bertz CT molecular complexity index is 848. The van der Waals surface area contributed by atoms with Crippen molar-refractivity contribution >= 4 is 17.5 Å². The number of benzene rings is 1. The van der Waals surface area contributed by atoms with Crippen molar-refractivity contribution in [2.24, 2.45) is 0 Å². The van der Waals surface area contributed by atoms with Gasteiger partial charge in [0.25, 0.3) is 5.91 Å². The van der Waals surface area contributed by atoms with E-state index in [-0.39, 0.29) is 23.7 Å². The van der Waals surface area contributed by atoms with E-state index in [1.807, 2.05) is 0 Å². The van der Waals surface area contributed by atoms with Gasteiger partial charge in [0.15, 0.2) is 0 Å². The van der Waals surface area contributed by atoms with Crippen LogP contribution in [-0.2, 0) is 0 Å². The standard InChI is InChI=1S/C19H24ClN3O3/c1-13-11-23(18(25)22-13)14-6-7-16(20)15(10-14)17(24)21-12-19(26)8-4-2-3-5-9-19/h6-7,10-11,26H,2-5,8-9,12H2,1H3,(H,21,24)(H,22,25). The Morgan fingerprint density at radius 3 is 2.62 bits per heavy atom. The molecule has 0 atom stereocenters. The summed E-state index contributed by atoms with van der Waals surface area (Å²) >= 11 is 6.19. The Balaban J connectivity index is 1.77. The molecule has 0 radical (unpaired) electrons. The number of carbonyl (C=O) groups excluding carboxylic acids is 1. The molecule has 6 nitrogen and oxygen atoms in total. The van der Waals surface area contributed by atoms with Crippen LogP contribution >= 0.6 is 11.6 Å². The lowest BCUT2D eigenvalue weighted by molar-refractivity contribution is 0.0246. The van der Waals surface area contributed by atoms with Crippen molar-refractivity contribution in [3.8, 4) is 5.69 Å². The largest absolute Gasteiger partial charge is 0.388 e. The van der Waals surface area contributed by atoms with Crippen LogP contribution in [0, 0.1) is 6.92 Å². The van der Waals surface area contributed by atoms with Gasteiger partial charge >= 0.3 is 5.69 Å². The molecule has 0 unspecified atom stereocenters. The van der Waals surface area contributed by atoms with E-state index < -0.39 is 5.60 Å².